The minimum Gasteiger partial charge on any atom is -0.362 e. The van der Waals surface area contributed by atoms with E-state index >= 15 is 0 Å². The molecule has 2 amide bonds. The van der Waals surface area contributed by atoms with Crippen LogP contribution in [0.1, 0.15) is 20.7 Å². The molecule has 0 spiro atoms. The Kier molecular flexibility index (Phi) is 6.31. The maximum atomic E-state index is 13.1. The van der Waals surface area contributed by atoms with Gasteiger partial charge in [-0.1, -0.05) is 0 Å². The SMILES string of the molecule is O=C(c1ccc(N2CCN(C(=O)c3ccc(F)cc3)CC2)c([N+](=O)[O-])c1)N1CCNCC1. The number of piperazine rings is 2. The van der Waals surface area contributed by atoms with Crippen LogP contribution in [0.4, 0.5) is 15.8 Å². The van der Waals surface area contributed by atoms with E-state index in [2.05, 4.69) is 5.32 Å². The van der Waals surface area contributed by atoms with Crippen LogP contribution >= 0.6 is 0 Å². The Morgan fingerprint density at radius 3 is 2.03 bits per heavy atom. The van der Waals surface area contributed by atoms with Crippen LogP contribution in [0.2, 0.25) is 0 Å². The Labute approximate surface area is 184 Å². The lowest BCUT2D eigenvalue weighted by molar-refractivity contribution is -0.384. The van der Waals surface area contributed by atoms with Crippen LogP contribution in [0, 0.1) is 15.9 Å². The van der Waals surface area contributed by atoms with Gasteiger partial charge in [0.1, 0.15) is 11.5 Å². The zero-order chi connectivity index (χ0) is 22.7. The van der Waals surface area contributed by atoms with E-state index < -0.39 is 10.7 Å². The molecule has 2 saturated heterocycles. The maximum absolute atomic E-state index is 13.1. The summed E-state index contributed by atoms with van der Waals surface area (Å²) < 4.78 is 13.1. The number of nitrogens with zero attached hydrogens (tertiary/aromatic N) is 4. The first-order valence-electron chi connectivity index (χ1n) is 10.5. The largest absolute Gasteiger partial charge is 0.362 e. The van der Waals surface area contributed by atoms with Gasteiger partial charge in [0.15, 0.2) is 0 Å². The Morgan fingerprint density at radius 1 is 0.844 bits per heavy atom. The lowest BCUT2D eigenvalue weighted by atomic mass is 10.1. The van der Waals surface area contributed by atoms with Gasteiger partial charge in [-0.3, -0.25) is 19.7 Å². The normalized spacial score (nSPS) is 16.7. The molecule has 32 heavy (non-hydrogen) atoms. The van der Waals surface area contributed by atoms with E-state index in [0.29, 0.717) is 69.2 Å². The molecule has 0 bridgehead atoms. The number of halogens is 1. The van der Waals surface area contributed by atoms with E-state index in [-0.39, 0.29) is 17.5 Å². The second kappa shape index (κ2) is 9.31. The molecule has 2 aliphatic heterocycles. The molecule has 0 aliphatic carbocycles. The number of nitro groups is 1. The lowest BCUT2D eigenvalue weighted by Crippen LogP contribution is -2.49. The molecule has 9 nitrogen and oxygen atoms in total. The second-order valence-electron chi connectivity index (χ2n) is 7.79. The van der Waals surface area contributed by atoms with Gasteiger partial charge in [0.05, 0.1) is 4.92 Å². The van der Waals surface area contributed by atoms with Crippen LogP contribution in [0.3, 0.4) is 0 Å². The second-order valence-corrected chi connectivity index (χ2v) is 7.79. The number of nitro benzene ring substituents is 1. The summed E-state index contributed by atoms with van der Waals surface area (Å²) in [5.41, 5.74) is 1.01. The standard InChI is InChI=1S/C22H24FN5O4/c23-18-4-1-16(2-5-18)21(29)27-13-11-25(12-14-27)19-6-3-17(15-20(19)28(31)32)22(30)26-9-7-24-8-10-26/h1-6,15,24H,7-14H2. The lowest BCUT2D eigenvalue weighted by Gasteiger charge is -2.36. The molecule has 0 saturated carbocycles. The molecule has 4 rings (SSSR count). The van der Waals surface area contributed by atoms with E-state index in [1.54, 1.807) is 21.9 Å². The Hall–Kier alpha value is -3.53. The minimum atomic E-state index is -0.472. The summed E-state index contributed by atoms with van der Waals surface area (Å²) >= 11 is 0. The van der Waals surface area contributed by atoms with Crippen molar-refractivity contribution in [2.24, 2.45) is 0 Å². The highest BCUT2D eigenvalue weighted by Gasteiger charge is 2.28. The number of hydrogen-bond donors (Lipinski definition) is 1. The molecule has 168 valence electrons. The van der Waals surface area contributed by atoms with Crippen molar-refractivity contribution in [1.82, 2.24) is 15.1 Å². The van der Waals surface area contributed by atoms with E-state index in [1.165, 1.54) is 30.3 Å². The molecule has 2 fully saturated rings. The molecule has 0 aromatic heterocycles. The molecule has 2 aromatic rings. The number of benzene rings is 2. The van der Waals surface area contributed by atoms with Crippen LogP contribution in [-0.2, 0) is 0 Å². The van der Waals surface area contributed by atoms with Gasteiger partial charge in [-0.15, -0.1) is 0 Å². The van der Waals surface area contributed by atoms with E-state index in [1.807, 2.05) is 4.90 Å². The van der Waals surface area contributed by atoms with Gasteiger partial charge < -0.3 is 20.0 Å². The average Bonchev–Trinajstić information content (AvgIpc) is 2.84. The van der Waals surface area contributed by atoms with Crippen molar-refractivity contribution in [1.29, 1.82) is 0 Å². The number of carbonyl (C=O) groups is 2. The molecular weight excluding hydrogens is 417 g/mol. The quantitative estimate of drug-likeness (QED) is 0.573. The zero-order valence-corrected chi connectivity index (χ0v) is 17.5. The van der Waals surface area contributed by atoms with Crippen molar-refractivity contribution >= 4 is 23.2 Å². The van der Waals surface area contributed by atoms with Crippen LogP contribution in [-0.4, -0.2) is 78.9 Å². The van der Waals surface area contributed by atoms with Crippen molar-refractivity contribution in [2.75, 3.05) is 57.3 Å². The van der Waals surface area contributed by atoms with Crippen molar-refractivity contribution in [2.45, 2.75) is 0 Å². The van der Waals surface area contributed by atoms with E-state index in [9.17, 15) is 24.1 Å². The van der Waals surface area contributed by atoms with Crippen LogP contribution < -0.4 is 10.2 Å². The minimum absolute atomic E-state index is 0.121. The highest BCUT2D eigenvalue weighted by atomic mass is 19.1. The summed E-state index contributed by atoms with van der Waals surface area (Å²) in [7, 11) is 0. The van der Waals surface area contributed by atoms with Crippen molar-refractivity contribution in [3.05, 3.63) is 69.5 Å². The van der Waals surface area contributed by atoms with Crippen molar-refractivity contribution in [3.63, 3.8) is 0 Å². The molecule has 1 N–H and O–H groups in total. The van der Waals surface area contributed by atoms with Crippen LogP contribution in [0.25, 0.3) is 0 Å². The third kappa shape index (κ3) is 4.54. The van der Waals surface area contributed by atoms with Gasteiger partial charge in [-0.05, 0) is 36.4 Å². The molecule has 0 unspecified atom stereocenters. The number of rotatable bonds is 4. The predicted octanol–water partition coefficient (Wildman–Crippen LogP) is 1.74. The Morgan fingerprint density at radius 2 is 1.41 bits per heavy atom. The summed E-state index contributed by atoms with van der Waals surface area (Å²) in [6.07, 6.45) is 0. The Bertz CT molecular complexity index is 1020. The van der Waals surface area contributed by atoms with Crippen molar-refractivity contribution < 1.29 is 18.9 Å². The maximum Gasteiger partial charge on any atom is 0.293 e. The zero-order valence-electron chi connectivity index (χ0n) is 17.5. The highest BCUT2D eigenvalue weighted by molar-refractivity contribution is 5.96. The fraction of sp³-hybridized carbons (Fsp3) is 0.364. The summed E-state index contributed by atoms with van der Waals surface area (Å²) in [6.45, 7) is 4.14. The number of carbonyl (C=O) groups excluding carboxylic acids is 2. The number of anilines is 1. The average molecular weight is 441 g/mol. The van der Waals surface area contributed by atoms with Gasteiger partial charge in [0, 0.05) is 69.6 Å². The van der Waals surface area contributed by atoms with E-state index in [4.69, 9.17) is 0 Å². The first kappa shape index (κ1) is 21.7. The van der Waals surface area contributed by atoms with Gasteiger partial charge in [0.25, 0.3) is 17.5 Å². The molecular formula is C22H24FN5O4. The third-order valence-electron chi connectivity index (χ3n) is 5.82. The van der Waals surface area contributed by atoms with Gasteiger partial charge >= 0.3 is 0 Å². The van der Waals surface area contributed by atoms with Gasteiger partial charge in [-0.25, -0.2) is 4.39 Å². The smallest absolute Gasteiger partial charge is 0.293 e. The van der Waals surface area contributed by atoms with Gasteiger partial charge in [0.2, 0.25) is 0 Å². The first-order chi connectivity index (χ1) is 15.4. The molecule has 0 atom stereocenters. The van der Waals surface area contributed by atoms with Gasteiger partial charge in [-0.2, -0.15) is 0 Å². The molecule has 2 aromatic carbocycles. The summed E-state index contributed by atoms with van der Waals surface area (Å²) in [5, 5.41) is 14.9. The first-order valence-corrected chi connectivity index (χ1v) is 10.5. The number of nitrogens with one attached hydrogen (secondary N) is 1. The fourth-order valence-corrected chi connectivity index (χ4v) is 4.05. The molecule has 2 heterocycles. The van der Waals surface area contributed by atoms with Crippen LogP contribution in [0.5, 0.6) is 0 Å². The molecule has 0 radical (unpaired) electrons. The van der Waals surface area contributed by atoms with Crippen LogP contribution in [0.15, 0.2) is 42.5 Å². The topological polar surface area (TPSA) is 99.0 Å². The molecule has 10 heteroatoms. The predicted molar refractivity (Wildman–Crippen MR) is 116 cm³/mol. The summed E-state index contributed by atoms with van der Waals surface area (Å²) in [6, 6.07) is 9.97. The summed E-state index contributed by atoms with van der Waals surface area (Å²) in [5.74, 6) is -0.815. The highest BCUT2D eigenvalue weighted by Crippen LogP contribution is 2.31. The van der Waals surface area contributed by atoms with Crippen molar-refractivity contribution in [3.8, 4) is 0 Å². The van der Waals surface area contributed by atoms with E-state index in [0.717, 1.165) is 0 Å². The number of amides is 2. The fourth-order valence-electron chi connectivity index (χ4n) is 4.05. The molecule has 2 aliphatic rings. The monoisotopic (exact) mass is 441 g/mol. The summed E-state index contributed by atoms with van der Waals surface area (Å²) in [4.78, 5) is 41.8. The third-order valence-corrected chi connectivity index (χ3v) is 5.82. The number of hydrogen-bond acceptors (Lipinski definition) is 6. The Balaban J connectivity index is 1.46.